The van der Waals surface area contributed by atoms with Gasteiger partial charge < -0.3 is 24.1 Å². The summed E-state index contributed by atoms with van der Waals surface area (Å²) in [6, 6.07) is 4.05. The van der Waals surface area contributed by atoms with Crippen LogP contribution in [0.5, 0.6) is 11.5 Å². The number of nitrogens with one attached hydrogen (secondary N) is 1. The predicted molar refractivity (Wildman–Crippen MR) is 75.7 cm³/mol. The lowest BCUT2D eigenvalue weighted by Crippen LogP contribution is -2.36. The van der Waals surface area contributed by atoms with Gasteiger partial charge in [0.2, 0.25) is 0 Å². The molecule has 7 nitrogen and oxygen atoms in total. The quantitative estimate of drug-likeness (QED) is 0.659. The van der Waals surface area contributed by atoms with Crippen molar-refractivity contribution in [1.82, 2.24) is 5.32 Å². The van der Waals surface area contributed by atoms with Crippen LogP contribution >= 0.6 is 0 Å². The molecule has 0 radical (unpaired) electrons. The number of benzene rings is 1. The summed E-state index contributed by atoms with van der Waals surface area (Å²) in [4.78, 5) is 11.4. The first-order chi connectivity index (χ1) is 10.1. The van der Waals surface area contributed by atoms with Crippen LogP contribution in [-0.2, 0) is 14.3 Å². The summed E-state index contributed by atoms with van der Waals surface area (Å²) in [5.74, 6) is 0.00306. The van der Waals surface area contributed by atoms with E-state index in [1.54, 1.807) is 18.2 Å². The van der Waals surface area contributed by atoms with Gasteiger partial charge in [0.25, 0.3) is 0 Å². The van der Waals surface area contributed by atoms with Crippen molar-refractivity contribution in [2.24, 2.45) is 0 Å². The molecule has 0 spiro atoms. The first-order valence-electron chi connectivity index (χ1n) is 6.31. The summed E-state index contributed by atoms with van der Waals surface area (Å²) in [5.41, 5.74) is 0.547. The topological polar surface area (TPSA) is 86.2 Å². The maximum Gasteiger partial charge on any atom is 0.325 e. The van der Waals surface area contributed by atoms with E-state index in [2.05, 4.69) is 5.32 Å². The van der Waals surface area contributed by atoms with E-state index in [-0.39, 0.29) is 6.54 Å². The largest absolute Gasteiger partial charge is 0.493 e. The van der Waals surface area contributed by atoms with Crippen LogP contribution in [0, 0.1) is 0 Å². The molecule has 0 bridgehead atoms. The van der Waals surface area contributed by atoms with E-state index in [1.807, 2.05) is 0 Å². The van der Waals surface area contributed by atoms with Crippen molar-refractivity contribution in [2.75, 3.05) is 35.0 Å². The summed E-state index contributed by atoms with van der Waals surface area (Å²) in [6.07, 6.45) is -0.521. The average molecular weight is 299 g/mol. The molecule has 0 aliphatic rings. The molecule has 0 amide bonds. The highest BCUT2D eigenvalue weighted by molar-refractivity contribution is 5.76. The maximum absolute atomic E-state index is 11.4. The second kappa shape index (κ2) is 8.46. The fraction of sp³-hybridized carbons (Fsp3) is 0.500. The third-order valence-electron chi connectivity index (χ3n) is 3.00. The van der Waals surface area contributed by atoms with Gasteiger partial charge in [-0.3, -0.25) is 10.1 Å². The van der Waals surface area contributed by atoms with Crippen LogP contribution in [0.3, 0.4) is 0 Å². The second-order valence-electron chi connectivity index (χ2n) is 4.19. The Labute approximate surface area is 123 Å². The molecule has 1 rings (SSSR count). The highest BCUT2D eigenvalue weighted by Gasteiger charge is 2.22. The van der Waals surface area contributed by atoms with Crippen LogP contribution in [0.4, 0.5) is 0 Å². The minimum Gasteiger partial charge on any atom is -0.493 e. The van der Waals surface area contributed by atoms with Crippen molar-refractivity contribution in [3.8, 4) is 11.5 Å². The van der Waals surface area contributed by atoms with Crippen molar-refractivity contribution in [2.45, 2.75) is 12.3 Å². The number of carbonyl (C=O) groups is 1. The summed E-state index contributed by atoms with van der Waals surface area (Å²) in [6.45, 7) is 0.234. The van der Waals surface area contributed by atoms with E-state index >= 15 is 0 Å². The Morgan fingerprint density at radius 2 is 1.76 bits per heavy atom. The summed E-state index contributed by atoms with van der Waals surface area (Å²) in [7, 11) is 5.99. The van der Waals surface area contributed by atoms with Crippen LogP contribution in [0.1, 0.15) is 11.6 Å². The number of ether oxygens (including phenoxy) is 4. The Hall–Kier alpha value is -1.83. The molecule has 1 aromatic carbocycles. The van der Waals surface area contributed by atoms with E-state index in [1.165, 1.54) is 28.4 Å². The minimum absolute atomic E-state index is 0.234. The van der Waals surface area contributed by atoms with Gasteiger partial charge >= 0.3 is 5.97 Å². The van der Waals surface area contributed by atoms with Crippen molar-refractivity contribution in [1.29, 1.82) is 0 Å². The Balaban J connectivity index is 2.92. The molecule has 118 valence electrons. The minimum atomic E-state index is -1.01. The van der Waals surface area contributed by atoms with Gasteiger partial charge in [-0.25, -0.2) is 0 Å². The van der Waals surface area contributed by atoms with Gasteiger partial charge in [0.05, 0.1) is 14.2 Å². The Morgan fingerprint density at radius 3 is 2.24 bits per heavy atom. The highest BCUT2D eigenvalue weighted by atomic mass is 16.7. The summed E-state index contributed by atoms with van der Waals surface area (Å²) < 4.78 is 20.4. The molecule has 1 aromatic rings. The smallest absolute Gasteiger partial charge is 0.325 e. The van der Waals surface area contributed by atoms with E-state index in [0.29, 0.717) is 17.1 Å². The molecule has 21 heavy (non-hydrogen) atoms. The zero-order valence-corrected chi connectivity index (χ0v) is 12.6. The molecule has 1 atom stereocenters. The number of methoxy groups -OCH3 is 4. The number of rotatable bonds is 9. The summed E-state index contributed by atoms with van der Waals surface area (Å²) in [5, 5.41) is 12.2. The molecule has 0 saturated carbocycles. The standard InChI is InChI=1S/C14H21NO6/c1-18-10-6-5-9(7-11(10)19-2)13(14(16)17)15-8-12(20-3)21-4/h5-7,12-13,15H,8H2,1-4H3,(H,16,17). The lowest BCUT2D eigenvalue weighted by atomic mass is 10.1. The molecule has 7 heteroatoms. The van der Waals surface area contributed by atoms with Gasteiger partial charge in [-0.1, -0.05) is 6.07 Å². The van der Waals surface area contributed by atoms with Crippen LogP contribution < -0.4 is 14.8 Å². The van der Waals surface area contributed by atoms with Crippen molar-refractivity contribution in [3.63, 3.8) is 0 Å². The average Bonchev–Trinajstić information content (AvgIpc) is 2.50. The van der Waals surface area contributed by atoms with E-state index in [4.69, 9.17) is 18.9 Å². The number of carboxylic acids is 1. The van der Waals surface area contributed by atoms with Crippen molar-refractivity contribution < 1.29 is 28.8 Å². The van der Waals surface area contributed by atoms with Gasteiger partial charge in [-0.05, 0) is 17.7 Å². The van der Waals surface area contributed by atoms with E-state index < -0.39 is 18.3 Å². The molecule has 1 unspecified atom stereocenters. The van der Waals surface area contributed by atoms with Crippen molar-refractivity contribution in [3.05, 3.63) is 23.8 Å². The monoisotopic (exact) mass is 299 g/mol. The third kappa shape index (κ3) is 4.59. The second-order valence-corrected chi connectivity index (χ2v) is 4.19. The van der Waals surface area contributed by atoms with Gasteiger partial charge in [0, 0.05) is 20.8 Å². The zero-order valence-electron chi connectivity index (χ0n) is 12.6. The molecule has 0 aromatic heterocycles. The lowest BCUT2D eigenvalue weighted by molar-refractivity contribution is -0.141. The Morgan fingerprint density at radius 1 is 1.14 bits per heavy atom. The maximum atomic E-state index is 11.4. The number of hydrogen-bond acceptors (Lipinski definition) is 6. The van der Waals surface area contributed by atoms with Gasteiger partial charge in [-0.15, -0.1) is 0 Å². The highest BCUT2D eigenvalue weighted by Crippen LogP contribution is 2.30. The number of aliphatic carboxylic acids is 1. The lowest BCUT2D eigenvalue weighted by Gasteiger charge is -2.20. The Kier molecular flexibility index (Phi) is 6.93. The third-order valence-corrected chi connectivity index (χ3v) is 3.00. The fourth-order valence-corrected chi connectivity index (χ4v) is 1.86. The van der Waals surface area contributed by atoms with Crippen LogP contribution in [0.25, 0.3) is 0 Å². The number of hydrogen-bond donors (Lipinski definition) is 2. The Bertz CT molecular complexity index is 461. The van der Waals surface area contributed by atoms with Crippen LogP contribution in [0.15, 0.2) is 18.2 Å². The molecule has 0 aliphatic heterocycles. The van der Waals surface area contributed by atoms with Crippen molar-refractivity contribution >= 4 is 5.97 Å². The predicted octanol–water partition coefficient (Wildman–Crippen LogP) is 1.04. The first-order valence-corrected chi connectivity index (χ1v) is 6.31. The normalized spacial score (nSPS) is 12.2. The molecule has 0 heterocycles. The molecule has 0 saturated heterocycles. The molecular formula is C14H21NO6. The van der Waals surface area contributed by atoms with E-state index in [9.17, 15) is 9.90 Å². The van der Waals surface area contributed by atoms with Gasteiger partial charge in [0.1, 0.15) is 6.04 Å². The molecular weight excluding hydrogens is 278 g/mol. The number of carboxylic acid groups (broad SMARTS) is 1. The first kappa shape index (κ1) is 17.2. The van der Waals surface area contributed by atoms with Gasteiger partial charge in [0.15, 0.2) is 17.8 Å². The molecule has 0 aliphatic carbocycles. The van der Waals surface area contributed by atoms with Crippen LogP contribution in [-0.4, -0.2) is 52.3 Å². The van der Waals surface area contributed by atoms with Gasteiger partial charge in [-0.2, -0.15) is 0 Å². The fourth-order valence-electron chi connectivity index (χ4n) is 1.86. The summed E-state index contributed by atoms with van der Waals surface area (Å²) >= 11 is 0. The molecule has 0 fully saturated rings. The molecule has 2 N–H and O–H groups in total. The SMILES string of the molecule is COc1ccc(C(NCC(OC)OC)C(=O)O)cc1OC. The van der Waals surface area contributed by atoms with E-state index in [0.717, 1.165) is 0 Å². The zero-order chi connectivity index (χ0) is 15.8. The van der Waals surface area contributed by atoms with Crippen LogP contribution in [0.2, 0.25) is 0 Å².